The minimum atomic E-state index is -0.302. The minimum Gasteiger partial charge on any atom is -0.349 e. The molecule has 254 valence electrons. The topological polar surface area (TPSA) is 142 Å². The van der Waals surface area contributed by atoms with E-state index in [1.54, 1.807) is 0 Å². The summed E-state index contributed by atoms with van der Waals surface area (Å²) in [5, 5.41) is 12.2. The molecule has 0 radical (unpaired) electrons. The lowest BCUT2D eigenvalue weighted by Crippen LogP contribution is -2.42. The summed E-state index contributed by atoms with van der Waals surface area (Å²) in [6.45, 7) is 9.22. The highest BCUT2D eigenvalue weighted by Crippen LogP contribution is 2.23. The smallest absolute Gasteiger partial charge is 0.221 e. The van der Waals surface area contributed by atoms with Crippen molar-refractivity contribution in [2.75, 3.05) is 31.5 Å². The number of carbonyl (C=O) groups excluding carboxylic acids is 4. The number of carbonyl (C=O) groups is 4. The van der Waals surface area contributed by atoms with Gasteiger partial charge in [-0.25, -0.2) is 0 Å². The SMILES string of the molecule is CCCCCC[C@H](N)CNCC[C@H](NCCCC(=O)CNC(C)=O)C(=O)C[C@@H](C)Cc1ccc(-c2ccc(NC(C)=O)cc2)cc1. The first-order chi connectivity index (χ1) is 22.1. The van der Waals surface area contributed by atoms with Gasteiger partial charge < -0.3 is 27.0 Å². The average molecular weight is 636 g/mol. The van der Waals surface area contributed by atoms with Gasteiger partial charge in [0.25, 0.3) is 0 Å². The number of hydrogen-bond donors (Lipinski definition) is 5. The maximum absolute atomic E-state index is 13.5. The molecule has 2 rings (SSSR count). The highest BCUT2D eigenvalue weighted by Gasteiger charge is 2.20. The van der Waals surface area contributed by atoms with Crippen LogP contribution in [0.25, 0.3) is 11.1 Å². The van der Waals surface area contributed by atoms with Gasteiger partial charge in [0.15, 0.2) is 5.78 Å². The van der Waals surface area contributed by atoms with E-state index in [0.717, 1.165) is 42.6 Å². The molecule has 0 heterocycles. The van der Waals surface area contributed by atoms with Crippen LogP contribution in [0.5, 0.6) is 0 Å². The normalized spacial score (nSPS) is 13.1. The number of anilines is 1. The van der Waals surface area contributed by atoms with Gasteiger partial charge in [-0.2, -0.15) is 0 Å². The quantitative estimate of drug-likeness (QED) is 0.100. The molecule has 2 aromatic rings. The third kappa shape index (κ3) is 16.8. The van der Waals surface area contributed by atoms with Crippen LogP contribution in [0.3, 0.4) is 0 Å². The zero-order valence-corrected chi connectivity index (χ0v) is 28.5. The van der Waals surface area contributed by atoms with Crippen molar-refractivity contribution in [2.45, 2.75) is 104 Å². The molecular weight excluding hydrogens is 578 g/mol. The van der Waals surface area contributed by atoms with Crippen LogP contribution in [0.2, 0.25) is 0 Å². The fourth-order valence-corrected chi connectivity index (χ4v) is 5.46. The Balaban J connectivity index is 1.88. The van der Waals surface area contributed by atoms with Crippen LogP contribution in [-0.4, -0.2) is 61.6 Å². The number of unbranched alkanes of at least 4 members (excludes halogenated alkanes) is 3. The van der Waals surface area contributed by atoms with E-state index in [1.165, 1.54) is 38.7 Å². The van der Waals surface area contributed by atoms with Gasteiger partial charge in [-0.1, -0.05) is 75.9 Å². The van der Waals surface area contributed by atoms with Crippen LogP contribution < -0.4 is 27.0 Å². The van der Waals surface area contributed by atoms with E-state index in [1.807, 2.05) is 24.3 Å². The van der Waals surface area contributed by atoms with E-state index in [4.69, 9.17) is 5.73 Å². The van der Waals surface area contributed by atoms with Gasteiger partial charge in [-0.15, -0.1) is 0 Å². The van der Waals surface area contributed by atoms with Gasteiger partial charge in [0, 0.05) is 45.0 Å². The molecule has 0 spiro atoms. The van der Waals surface area contributed by atoms with E-state index < -0.39 is 0 Å². The maximum atomic E-state index is 13.5. The van der Waals surface area contributed by atoms with E-state index in [-0.39, 0.29) is 47.9 Å². The van der Waals surface area contributed by atoms with Gasteiger partial charge in [-0.3, -0.25) is 19.2 Å². The van der Waals surface area contributed by atoms with Crippen LogP contribution in [-0.2, 0) is 25.6 Å². The van der Waals surface area contributed by atoms with Crippen molar-refractivity contribution >= 4 is 29.1 Å². The standard InChI is InChI=1S/C37H57N5O4/c1-5-6-7-8-10-33(38)25-39-22-20-36(40-21-9-11-35(45)26-41-28(3)43)37(46)24-27(2)23-30-12-14-31(15-13-30)32-16-18-34(19-17-32)42-29(4)44/h12-19,27,33,36,39-40H,5-11,20-26,38H2,1-4H3,(H,41,43)(H,42,44)/t27-,33-,36-/m0/s1. The molecule has 46 heavy (non-hydrogen) atoms. The first-order valence-electron chi connectivity index (χ1n) is 17.0. The number of ketones is 2. The van der Waals surface area contributed by atoms with Gasteiger partial charge in [0.2, 0.25) is 11.8 Å². The van der Waals surface area contributed by atoms with E-state index in [2.05, 4.69) is 59.4 Å². The second kappa shape index (κ2) is 22.2. The van der Waals surface area contributed by atoms with Gasteiger partial charge in [-0.05, 0) is 73.5 Å². The third-order valence-corrected chi connectivity index (χ3v) is 8.02. The van der Waals surface area contributed by atoms with Crippen LogP contribution in [0.4, 0.5) is 5.69 Å². The number of amides is 2. The molecule has 0 aliphatic carbocycles. The van der Waals surface area contributed by atoms with Crippen molar-refractivity contribution in [3.8, 4) is 11.1 Å². The van der Waals surface area contributed by atoms with Gasteiger partial charge >= 0.3 is 0 Å². The Morgan fingerprint density at radius 2 is 1.48 bits per heavy atom. The number of nitrogens with two attached hydrogens (primary N) is 1. The van der Waals surface area contributed by atoms with Crippen LogP contribution in [0.15, 0.2) is 48.5 Å². The average Bonchev–Trinajstić information content (AvgIpc) is 3.01. The second-order valence-corrected chi connectivity index (χ2v) is 12.6. The summed E-state index contributed by atoms with van der Waals surface area (Å²) in [5.41, 5.74) is 10.4. The van der Waals surface area contributed by atoms with Crippen molar-refractivity contribution in [3.05, 3.63) is 54.1 Å². The lowest BCUT2D eigenvalue weighted by molar-refractivity contribution is -0.124. The number of Topliss-reactive ketones (excluding diaryl/α,β-unsaturated/α-hetero) is 2. The van der Waals surface area contributed by atoms with Gasteiger partial charge in [0.1, 0.15) is 5.78 Å². The molecule has 0 aromatic heterocycles. The van der Waals surface area contributed by atoms with Crippen LogP contribution >= 0.6 is 0 Å². The third-order valence-electron chi connectivity index (χ3n) is 8.02. The van der Waals surface area contributed by atoms with Crippen molar-refractivity contribution < 1.29 is 19.2 Å². The largest absolute Gasteiger partial charge is 0.349 e. The predicted octanol–water partition coefficient (Wildman–Crippen LogP) is 5.17. The first-order valence-corrected chi connectivity index (χ1v) is 17.0. The van der Waals surface area contributed by atoms with E-state index in [9.17, 15) is 19.2 Å². The van der Waals surface area contributed by atoms with Crippen LogP contribution in [0.1, 0.15) is 91.0 Å². The van der Waals surface area contributed by atoms with Crippen molar-refractivity contribution in [2.24, 2.45) is 11.7 Å². The lowest BCUT2D eigenvalue weighted by atomic mass is 9.92. The maximum Gasteiger partial charge on any atom is 0.221 e. The molecule has 0 unspecified atom stereocenters. The Kier molecular flexibility index (Phi) is 18.7. The predicted molar refractivity (Wildman–Crippen MR) is 188 cm³/mol. The lowest BCUT2D eigenvalue weighted by Gasteiger charge is -2.21. The molecule has 2 aromatic carbocycles. The Morgan fingerprint density at radius 1 is 0.804 bits per heavy atom. The zero-order valence-electron chi connectivity index (χ0n) is 28.5. The Hall–Kier alpha value is -3.40. The van der Waals surface area contributed by atoms with Gasteiger partial charge in [0.05, 0.1) is 12.6 Å². The summed E-state index contributed by atoms with van der Waals surface area (Å²) in [6.07, 6.45) is 8.69. The molecule has 0 aliphatic rings. The minimum absolute atomic E-state index is 0.0175. The van der Waals surface area contributed by atoms with Crippen molar-refractivity contribution in [3.63, 3.8) is 0 Å². The summed E-state index contributed by atoms with van der Waals surface area (Å²) < 4.78 is 0. The van der Waals surface area contributed by atoms with Crippen molar-refractivity contribution in [1.82, 2.24) is 16.0 Å². The molecule has 0 saturated carbocycles. The summed E-state index contributed by atoms with van der Waals surface area (Å²) in [4.78, 5) is 47.8. The number of rotatable bonds is 24. The summed E-state index contributed by atoms with van der Waals surface area (Å²) >= 11 is 0. The Bertz CT molecular complexity index is 1200. The summed E-state index contributed by atoms with van der Waals surface area (Å²) in [6, 6.07) is 16.0. The van der Waals surface area contributed by atoms with Crippen LogP contribution in [0, 0.1) is 5.92 Å². The van der Waals surface area contributed by atoms with E-state index >= 15 is 0 Å². The number of nitrogens with one attached hydrogen (secondary N) is 4. The Labute approximate surface area is 276 Å². The molecule has 6 N–H and O–H groups in total. The molecule has 0 bridgehead atoms. The highest BCUT2D eigenvalue weighted by atomic mass is 16.2. The van der Waals surface area contributed by atoms with Crippen molar-refractivity contribution in [1.29, 1.82) is 0 Å². The number of hydrogen-bond acceptors (Lipinski definition) is 7. The molecule has 9 nitrogen and oxygen atoms in total. The summed E-state index contributed by atoms with van der Waals surface area (Å²) in [7, 11) is 0. The first kappa shape index (κ1) is 38.8. The fourth-order valence-electron chi connectivity index (χ4n) is 5.46. The molecule has 2 amide bonds. The molecule has 3 atom stereocenters. The summed E-state index contributed by atoms with van der Waals surface area (Å²) in [5.74, 6) is 0.0198. The highest BCUT2D eigenvalue weighted by molar-refractivity contribution is 5.89. The number of benzene rings is 2. The monoisotopic (exact) mass is 635 g/mol. The fraction of sp³-hybridized carbons (Fsp3) is 0.568. The molecular formula is C37H57N5O4. The molecule has 0 aliphatic heterocycles. The molecule has 9 heteroatoms. The molecule has 0 saturated heterocycles. The molecule has 0 fully saturated rings. The second-order valence-electron chi connectivity index (χ2n) is 12.6. The zero-order chi connectivity index (χ0) is 33.7. The Morgan fingerprint density at radius 3 is 2.11 bits per heavy atom. The van der Waals surface area contributed by atoms with E-state index in [0.29, 0.717) is 38.8 Å².